The number of ether oxygens (including phenoxy) is 1. The number of anilines is 1. The lowest BCUT2D eigenvalue weighted by molar-refractivity contribution is -0.0646. The van der Waals surface area contributed by atoms with Crippen LogP contribution in [0.15, 0.2) is 63.9 Å². The first kappa shape index (κ1) is 27.2. The second-order valence-electron chi connectivity index (χ2n) is 9.68. The Morgan fingerprint density at radius 1 is 1.10 bits per heavy atom. The summed E-state index contributed by atoms with van der Waals surface area (Å²) in [5.41, 5.74) is 2.98. The number of nitrogens with zero attached hydrogens (tertiary/aromatic N) is 5. The Hall–Kier alpha value is -4.42. The Morgan fingerprint density at radius 3 is 2.60 bits per heavy atom. The van der Waals surface area contributed by atoms with E-state index in [1.807, 2.05) is 29.2 Å². The summed E-state index contributed by atoms with van der Waals surface area (Å²) in [5.74, 6) is 0.360. The van der Waals surface area contributed by atoms with Crippen molar-refractivity contribution in [1.82, 2.24) is 25.0 Å². The van der Waals surface area contributed by atoms with Crippen molar-refractivity contribution < 1.29 is 24.2 Å². The van der Waals surface area contributed by atoms with Crippen LogP contribution in [0.4, 0.5) is 10.8 Å². The Kier molecular flexibility index (Phi) is 7.99. The number of carbonyl (C=O) groups excluding carboxylic acids is 1. The average molecular weight is 549 g/mol. The van der Waals surface area contributed by atoms with E-state index in [-0.39, 0.29) is 18.0 Å². The van der Waals surface area contributed by atoms with Crippen LogP contribution in [0.5, 0.6) is 5.75 Å². The molecule has 5 rings (SSSR count). The fraction of sp³-hybridized carbons (Fsp3) is 0.357. The largest absolute Gasteiger partial charge is 0.494 e. The van der Waals surface area contributed by atoms with Crippen LogP contribution in [-0.2, 0) is 13.5 Å². The molecule has 0 unspecified atom stereocenters. The lowest BCUT2D eigenvalue weighted by Gasteiger charge is -2.26. The third kappa shape index (κ3) is 5.77. The van der Waals surface area contributed by atoms with Gasteiger partial charge in [-0.3, -0.25) is 4.79 Å². The highest BCUT2D eigenvalue weighted by Crippen LogP contribution is 2.26. The summed E-state index contributed by atoms with van der Waals surface area (Å²) >= 11 is 0. The molecule has 2 aromatic carbocycles. The number of para-hydroxylation sites is 2. The van der Waals surface area contributed by atoms with Crippen LogP contribution in [0.2, 0.25) is 0 Å². The molecular formula is C28H32N6O6. The number of amides is 2. The van der Waals surface area contributed by atoms with E-state index in [1.165, 1.54) is 18.0 Å². The zero-order valence-corrected chi connectivity index (χ0v) is 22.4. The molecule has 0 bridgehead atoms. The van der Waals surface area contributed by atoms with Gasteiger partial charge in [-0.15, -0.1) is 0 Å². The molecule has 3 heterocycles. The molecule has 4 aromatic rings. The molecule has 2 amide bonds. The molecule has 0 aliphatic carbocycles. The number of hydrogen-bond donors (Lipinski definition) is 3. The number of fused-ring (bicyclic) bond motifs is 1. The summed E-state index contributed by atoms with van der Waals surface area (Å²) in [5, 5.41) is 26.8. The molecule has 12 heteroatoms. The molecule has 1 saturated heterocycles. The molecule has 12 nitrogen and oxygen atoms in total. The van der Waals surface area contributed by atoms with E-state index in [4.69, 9.17) is 9.15 Å². The quantitative estimate of drug-likeness (QED) is 0.294. The predicted molar refractivity (Wildman–Crippen MR) is 148 cm³/mol. The lowest BCUT2D eigenvalue weighted by atomic mass is 10.0. The number of hydrogen-bond acceptors (Lipinski definition) is 9. The second-order valence-corrected chi connectivity index (χ2v) is 9.68. The Morgan fingerprint density at radius 2 is 1.88 bits per heavy atom. The van der Waals surface area contributed by atoms with Crippen molar-refractivity contribution in [2.24, 2.45) is 7.05 Å². The highest BCUT2D eigenvalue weighted by atomic mass is 16.5. The van der Waals surface area contributed by atoms with E-state index in [0.717, 1.165) is 11.1 Å². The molecule has 2 aromatic heterocycles. The molecule has 0 spiro atoms. The number of carbonyl (C=O) groups is 1. The fourth-order valence-electron chi connectivity index (χ4n) is 4.79. The number of nitrogens with one attached hydrogen (secondary N) is 1. The molecule has 1 aliphatic heterocycles. The van der Waals surface area contributed by atoms with Crippen molar-refractivity contribution in [3.8, 4) is 16.9 Å². The Labute approximate surface area is 230 Å². The van der Waals surface area contributed by atoms with Crippen LogP contribution in [0.3, 0.4) is 0 Å². The molecule has 210 valence electrons. The number of aliphatic hydroxyl groups is 2. The van der Waals surface area contributed by atoms with Gasteiger partial charge in [-0.1, -0.05) is 36.4 Å². The van der Waals surface area contributed by atoms with Crippen molar-refractivity contribution in [1.29, 1.82) is 0 Å². The normalized spacial score (nSPS) is 14.8. The third-order valence-electron chi connectivity index (χ3n) is 7.03. The first-order valence-electron chi connectivity index (χ1n) is 13.1. The number of methoxy groups -OCH3 is 1. The van der Waals surface area contributed by atoms with Crippen molar-refractivity contribution in [3.05, 3.63) is 70.6 Å². The standard InChI is InChI=1S/C28H32N6O6/c1-32-25(35)24(23(39-2)17-29-32)19-10-8-18(9-11-19)16-21(26(36)37)30-27(38)33-12-5-13-34(15-14-33)28-31-20-6-3-4-7-22(20)40-28/h3-4,6-11,17,21,26,36-37H,5,12-16H2,1-2H3,(H,30,38)/t21-/m0/s1. The number of rotatable bonds is 7. The predicted octanol–water partition coefficient (Wildman–Crippen LogP) is 1.74. The topological polar surface area (TPSA) is 146 Å². The van der Waals surface area contributed by atoms with Crippen LogP contribution in [0.1, 0.15) is 12.0 Å². The smallest absolute Gasteiger partial charge is 0.317 e. The molecule has 1 aliphatic rings. The van der Waals surface area contributed by atoms with Gasteiger partial charge in [0, 0.05) is 33.2 Å². The van der Waals surface area contributed by atoms with Crippen LogP contribution in [0, 0.1) is 0 Å². The van der Waals surface area contributed by atoms with Gasteiger partial charge in [0.15, 0.2) is 17.6 Å². The highest BCUT2D eigenvalue weighted by Gasteiger charge is 2.26. The van der Waals surface area contributed by atoms with Gasteiger partial charge in [-0.05, 0) is 36.1 Å². The molecule has 40 heavy (non-hydrogen) atoms. The maximum Gasteiger partial charge on any atom is 0.317 e. The van der Waals surface area contributed by atoms with Gasteiger partial charge in [0.05, 0.1) is 24.9 Å². The van der Waals surface area contributed by atoms with Gasteiger partial charge in [0.2, 0.25) is 0 Å². The van der Waals surface area contributed by atoms with Gasteiger partial charge >= 0.3 is 6.03 Å². The Balaban J connectivity index is 1.23. The van der Waals surface area contributed by atoms with Crippen molar-refractivity contribution in [2.45, 2.75) is 25.2 Å². The number of benzene rings is 2. The third-order valence-corrected chi connectivity index (χ3v) is 7.03. The summed E-state index contributed by atoms with van der Waals surface area (Å²) in [6, 6.07) is 13.9. The van der Waals surface area contributed by atoms with Crippen LogP contribution in [-0.4, -0.2) is 81.5 Å². The molecular weight excluding hydrogens is 516 g/mol. The molecule has 1 atom stereocenters. The number of oxazole rings is 1. The minimum atomic E-state index is -1.76. The summed E-state index contributed by atoms with van der Waals surface area (Å²) in [7, 11) is 3.04. The van der Waals surface area contributed by atoms with E-state index in [0.29, 0.717) is 61.1 Å². The first-order chi connectivity index (χ1) is 19.3. The first-order valence-corrected chi connectivity index (χ1v) is 13.1. The van der Waals surface area contributed by atoms with Crippen LogP contribution >= 0.6 is 0 Å². The van der Waals surface area contributed by atoms with E-state index in [2.05, 4.69) is 15.4 Å². The van der Waals surface area contributed by atoms with Crippen molar-refractivity contribution in [3.63, 3.8) is 0 Å². The minimum Gasteiger partial charge on any atom is -0.494 e. The monoisotopic (exact) mass is 548 g/mol. The van der Waals surface area contributed by atoms with Crippen LogP contribution in [0.25, 0.3) is 22.2 Å². The summed E-state index contributed by atoms with van der Waals surface area (Å²) in [4.78, 5) is 34.0. The molecule has 3 N–H and O–H groups in total. The van der Waals surface area contributed by atoms with E-state index < -0.39 is 12.3 Å². The van der Waals surface area contributed by atoms with Crippen molar-refractivity contribution >= 4 is 23.1 Å². The fourth-order valence-corrected chi connectivity index (χ4v) is 4.79. The molecule has 0 radical (unpaired) electrons. The zero-order chi connectivity index (χ0) is 28.2. The minimum absolute atomic E-state index is 0.179. The molecule has 1 fully saturated rings. The van der Waals surface area contributed by atoms with E-state index >= 15 is 0 Å². The number of aryl methyl sites for hydroxylation is 1. The van der Waals surface area contributed by atoms with Gasteiger partial charge in [-0.25, -0.2) is 9.48 Å². The second kappa shape index (κ2) is 11.8. The zero-order valence-electron chi connectivity index (χ0n) is 22.4. The average Bonchev–Trinajstić information content (AvgIpc) is 3.23. The van der Waals surface area contributed by atoms with Gasteiger partial charge in [-0.2, -0.15) is 10.1 Å². The summed E-state index contributed by atoms with van der Waals surface area (Å²) in [6.45, 7) is 2.15. The maximum atomic E-state index is 13.1. The number of aliphatic hydroxyl groups excluding tert-OH is 1. The van der Waals surface area contributed by atoms with E-state index in [9.17, 15) is 19.8 Å². The Bertz CT molecular complexity index is 1500. The van der Waals surface area contributed by atoms with Crippen LogP contribution < -0.4 is 20.5 Å². The molecule has 0 saturated carbocycles. The van der Waals surface area contributed by atoms with Gasteiger partial charge in [0.25, 0.3) is 11.6 Å². The maximum absolute atomic E-state index is 13.1. The number of aromatic nitrogens is 3. The van der Waals surface area contributed by atoms with Crippen molar-refractivity contribution in [2.75, 3.05) is 38.2 Å². The summed E-state index contributed by atoms with van der Waals surface area (Å²) in [6.07, 6.45) is 0.600. The highest BCUT2D eigenvalue weighted by molar-refractivity contribution is 5.75. The summed E-state index contributed by atoms with van der Waals surface area (Å²) < 4.78 is 12.4. The SMILES string of the molecule is COc1cnn(C)c(=O)c1-c1ccc(C[C@H](NC(=O)N2CCCN(c3nc4ccccc4o3)CC2)C(O)O)cc1. The van der Waals surface area contributed by atoms with Gasteiger partial charge in [0.1, 0.15) is 5.52 Å². The van der Waals surface area contributed by atoms with Gasteiger partial charge < -0.3 is 34.5 Å². The number of urea groups is 1. The van der Waals surface area contributed by atoms with E-state index in [1.54, 1.807) is 36.2 Å². The lowest BCUT2D eigenvalue weighted by Crippen LogP contribution is -2.51.